The number of hydrogen-bond acceptors (Lipinski definition) is 3. The molecule has 0 aromatic carbocycles. The lowest BCUT2D eigenvalue weighted by Gasteiger charge is -1.70. The van der Waals surface area contributed by atoms with E-state index in [1.165, 1.54) is 6.26 Å². The normalized spacial score (nSPS) is 8.11. The Morgan fingerprint density at radius 3 is 3.22 bits per heavy atom. The highest BCUT2D eigenvalue weighted by Crippen LogP contribution is 1.90. The third-order valence-electron chi connectivity index (χ3n) is 0.767. The molecule has 3 heteroatoms. The van der Waals surface area contributed by atoms with Crippen LogP contribution in [-0.2, 0) is 0 Å². The zero-order valence-corrected chi connectivity index (χ0v) is 4.79. The molecule has 0 bridgehead atoms. The van der Waals surface area contributed by atoms with Crippen LogP contribution in [0.1, 0.15) is 5.56 Å². The summed E-state index contributed by atoms with van der Waals surface area (Å²) in [6.45, 7) is 0.366. The molecule has 1 aromatic rings. The summed E-state index contributed by atoms with van der Waals surface area (Å²) in [5.74, 6) is 5.42. The molecule has 0 atom stereocenters. The van der Waals surface area contributed by atoms with Gasteiger partial charge in [-0.1, -0.05) is 17.0 Å². The molecule has 0 radical (unpaired) electrons. The maximum Gasteiger partial charge on any atom is 0.139 e. The predicted octanol–water partition coefficient (Wildman–Crippen LogP) is -0.0152. The molecule has 0 unspecified atom stereocenters. The lowest BCUT2D eigenvalue weighted by molar-refractivity contribution is 0.419. The molecule has 1 aromatic heterocycles. The van der Waals surface area contributed by atoms with Crippen molar-refractivity contribution in [2.75, 3.05) is 6.54 Å². The molecule has 0 spiro atoms. The number of nitrogens with zero attached hydrogens (tertiary/aromatic N) is 1. The van der Waals surface area contributed by atoms with Gasteiger partial charge >= 0.3 is 0 Å². The molecule has 0 fully saturated rings. The Morgan fingerprint density at radius 2 is 2.67 bits per heavy atom. The molecule has 1 rings (SSSR count). The summed E-state index contributed by atoms with van der Waals surface area (Å²) >= 11 is 0. The Balaban J connectivity index is 2.67. The summed E-state index contributed by atoms with van der Waals surface area (Å²) in [4.78, 5) is 0. The molecule has 0 saturated carbocycles. The van der Waals surface area contributed by atoms with Crippen molar-refractivity contribution in [3.63, 3.8) is 0 Å². The molecule has 0 saturated heterocycles. The van der Waals surface area contributed by atoms with Crippen molar-refractivity contribution < 1.29 is 4.52 Å². The standard InChI is InChI=1S/C6H6N2O/c7-3-1-2-6-4-8-9-5-6/h4-5H,3,7H2. The van der Waals surface area contributed by atoms with E-state index in [1.54, 1.807) is 6.20 Å². The molecule has 2 N–H and O–H groups in total. The van der Waals surface area contributed by atoms with Crippen LogP contribution in [0.25, 0.3) is 0 Å². The van der Waals surface area contributed by atoms with Crippen molar-refractivity contribution in [3.8, 4) is 11.8 Å². The second-order valence-corrected chi connectivity index (χ2v) is 1.42. The first-order valence-corrected chi connectivity index (χ1v) is 2.52. The van der Waals surface area contributed by atoms with E-state index in [9.17, 15) is 0 Å². The molecular weight excluding hydrogens is 116 g/mol. The van der Waals surface area contributed by atoms with Gasteiger partial charge in [-0.25, -0.2) is 0 Å². The van der Waals surface area contributed by atoms with Crippen molar-refractivity contribution in [1.82, 2.24) is 5.16 Å². The zero-order chi connectivity index (χ0) is 6.53. The van der Waals surface area contributed by atoms with Crippen molar-refractivity contribution in [3.05, 3.63) is 18.0 Å². The molecule has 0 aliphatic rings. The van der Waals surface area contributed by atoms with Gasteiger partial charge in [0, 0.05) is 0 Å². The first-order valence-electron chi connectivity index (χ1n) is 2.52. The fourth-order valence-corrected chi connectivity index (χ4v) is 0.420. The van der Waals surface area contributed by atoms with Gasteiger partial charge in [-0.2, -0.15) is 0 Å². The molecule has 46 valence electrons. The number of rotatable bonds is 0. The number of aromatic nitrogens is 1. The number of nitrogens with two attached hydrogens (primary N) is 1. The molecule has 3 nitrogen and oxygen atoms in total. The van der Waals surface area contributed by atoms with Crippen LogP contribution in [0, 0.1) is 11.8 Å². The maximum absolute atomic E-state index is 5.12. The van der Waals surface area contributed by atoms with Crippen LogP contribution in [0.5, 0.6) is 0 Å². The van der Waals surface area contributed by atoms with Crippen LogP contribution < -0.4 is 5.73 Å². The van der Waals surface area contributed by atoms with E-state index >= 15 is 0 Å². The third kappa shape index (κ3) is 1.59. The first-order chi connectivity index (χ1) is 4.43. The lowest BCUT2D eigenvalue weighted by atomic mass is 10.4. The SMILES string of the molecule is NCC#Cc1cnoc1. The monoisotopic (exact) mass is 122 g/mol. The van der Waals surface area contributed by atoms with E-state index in [1.807, 2.05) is 0 Å². The van der Waals surface area contributed by atoms with Gasteiger partial charge in [0.1, 0.15) is 6.26 Å². The smallest absolute Gasteiger partial charge is 0.139 e. The van der Waals surface area contributed by atoms with Gasteiger partial charge in [-0.15, -0.1) is 0 Å². The van der Waals surface area contributed by atoms with E-state index < -0.39 is 0 Å². The Hall–Kier alpha value is -1.27. The van der Waals surface area contributed by atoms with Gasteiger partial charge in [-0.05, 0) is 0 Å². The minimum atomic E-state index is 0.366. The van der Waals surface area contributed by atoms with Crippen molar-refractivity contribution in [2.24, 2.45) is 5.73 Å². The first kappa shape index (κ1) is 5.86. The summed E-state index contributed by atoms with van der Waals surface area (Å²) in [5.41, 5.74) is 5.88. The van der Waals surface area contributed by atoms with Crippen LogP contribution >= 0.6 is 0 Å². The quantitative estimate of drug-likeness (QED) is 0.492. The highest BCUT2D eigenvalue weighted by Gasteiger charge is 1.84. The largest absolute Gasteiger partial charge is 0.363 e. The van der Waals surface area contributed by atoms with E-state index in [0.29, 0.717) is 6.54 Å². The molecule has 0 amide bonds. The molecule has 9 heavy (non-hydrogen) atoms. The summed E-state index contributed by atoms with van der Waals surface area (Å²) in [5, 5.41) is 3.46. The second-order valence-electron chi connectivity index (χ2n) is 1.42. The Morgan fingerprint density at radius 1 is 1.78 bits per heavy atom. The Bertz CT molecular complexity index is 217. The topological polar surface area (TPSA) is 52.0 Å². The lowest BCUT2D eigenvalue weighted by Crippen LogP contribution is -1.92. The van der Waals surface area contributed by atoms with Crippen molar-refractivity contribution in [1.29, 1.82) is 0 Å². The van der Waals surface area contributed by atoms with Gasteiger partial charge in [0.25, 0.3) is 0 Å². The van der Waals surface area contributed by atoms with Gasteiger partial charge < -0.3 is 10.3 Å². The highest BCUT2D eigenvalue weighted by molar-refractivity contribution is 5.28. The van der Waals surface area contributed by atoms with Gasteiger partial charge in [0.05, 0.1) is 18.3 Å². The van der Waals surface area contributed by atoms with E-state index in [0.717, 1.165) is 5.56 Å². The van der Waals surface area contributed by atoms with Crippen LogP contribution in [0.4, 0.5) is 0 Å². The fraction of sp³-hybridized carbons (Fsp3) is 0.167. The van der Waals surface area contributed by atoms with Crippen molar-refractivity contribution >= 4 is 0 Å². The van der Waals surface area contributed by atoms with Crippen LogP contribution in [0.15, 0.2) is 17.0 Å². The molecule has 1 heterocycles. The number of hydrogen-bond donors (Lipinski definition) is 1. The summed E-state index contributed by atoms with van der Waals surface area (Å²) in [7, 11) is 0. The van der Waals surface area contributed by atoms with Gasteiger partial charge in [0.15, 0.2) is 0 Å². The molecule has 0 aliphatic carbocycles. The minimum Gasteiger partial charge on any atom is -0.363 e. The summed E-state index contributed by atoms with van der Waals surface area (Å²) < 4.78 is 4.52. The molecule has 0 aliphatic heterocycles. The molecular formula is C6H6N2O. The van der Waals surface area contributed by atoms with Crippen molar-refractivity contribution in [2.45, 2.75) is 0 Å². The van der Waals surface area contributed by atoms with Gasteiger partial charge in [-0.3, -0.25) is 0 Å². The maximum atomic E-state index is 5.12. The Labute approximate surface area is 52.8 Å². The van der Waals surface area contributed by atoms with E-state index in [-0.39, 0.29) is 0 Å². The zero-order valence-electron chi connectivity index (χ0n) is 4.79. The van der Waals surface area contributed by atoms with E-state index in [4.69, 9.17) is 5.73 Å². The summed E-state index contributed by atoms with van der Waals surface area (Å²) in [6, 6.07) is 0. The fourth-order valence-electron chi connectivity index (χ4n) is 0.420. The average Bonchev–Trinajstić information content (AvgIpc) is 2.34. The highest BCUT2D eigenvalue weighted by atomic mass is 16.5. The minimum absolute atomic E-state index is 0.366. The van der Waals surface area contributed by atoms with E-state index in [2.05, 4.69) is 21.5 Å². The van der Waals surface area contributed by atoms with Crippen LogP contribution in [0.3, 0.4) is 0 Å². The second kappa shape index (κ2) is 2.90. The third-order valence-corrected chi connectivity index (χ3v) is 0.767. The Kier molecular flexibility index (Phi) is 1.89. The van der Waals surface area contributed by atoms with Crippen LogP contribution in [0.2, 0.25) is 0 Å². The average molecular weight is 122 g/mol. The van der Waals surface area contributed by atoms with Crippen LogP contribution in [-0.4, -0.2) is 11.7 Å². The summed E-state index contributed by atoms with van der Waals surface area (Å²) in [6.07, 6.45) is 3.02. The van der Waals surface area contributed by atoms with Gasteiger partial charge in [0.2, 0.25) is 0 Å². The predicted molar refractivity (Wildman–Crippen MR) is 32.4 cm³/mol.